The van der Waals surface area contributed by atoms with Crippen molar-refractivity contribution in [3.05, 3.63) is 53.6 Å². The van der Waals surface area contributed by atoms with Crippen molar-refractivity contribution in [3.8, 4) is 17.2 Å². The number of likely N-dealkylation sites (N-methyl/N-ethyl adjacent to an activating group) is 1. The van der Waals surface area contributed by atoms with E-state index in [9.17, 15) is 4.79 Å². The second-order valence-electron chi connectivity index (χ2n) is 5.69. The average molecular weight is 343 g/mol. The molecule has 0 unspecified atom stereocenters. The van der Waals surface area contributed by atoms with Gasteiger partial charge in [0.15, 0.2) is 11.5 Å². The highest BCUT2D eigenvalue weighted by molar-refractivity contribution is 5.94. The summed E-state index contributed by atoms with van der Waals surface area (Å²) in [5.74, 6) is 1.90. The van der Waals surface area contributed by atoms with Gasteiger partial charge in [0.2, 0.25) is 0 Å². The van der Waals surface area contributed by atoms with E-state index in [-0.39, 0.29) is 5.91 Å². The molecule has 5 nitrogen and oxygen atoms in total. The molecule has 1 amide bonds. The van der Waals surface area contributed by atoms with Crippen LogP contribution in [0.2, 0.25) is 0 Å². The molecule has 0 saturated heterocycles. The van der Waals surface area contributed by atoms with Crippen molar-refractivity contribution < 1.29 is 19.0 Å². The molecule has 0 saturated carbocycles. The number of benzene rings is 2. The van der Waals surface area contributed by atoms with Gasteiger partial charge in [-0.1, -0.05) is 17.7 Å². The van der Waals surface area contributed by atoms with Gasteiger partial charge in [-0.25, -0.2) is 0 Å². The van der Waals surface area contributed by atoms with Crippen molar-refractivity contribution in [3.63, 3.8) is 0 Å². The lowest BCUT2D eigenvalue weighted by Gasteiger charge is -2.18. The standard InChI is InChI=1S/C20H25NO4/c1-5-24-18-11-8-16(14-19(18)23-4)20(22)21(3)12-13-25-17-9-6-15(2)7-10-17/h6-11,14H,5,12-13H2,1-4H3. The normalized spacial score (nSPS) is 10.2. The van der Waals surface area contributed by atoms with Crippen molar-refractivity contribution in [1.82, 2.24) is 4.90 Å². The summed E-state index contributed by atoms with van der Waals surface area (Å²) in [5, 5.41) is 0. The summed E-state index contributed by atoms with van der Waals surface area (Å²) in [6, 6.07) is 13.0. The van der Waals surface area contributed by atoms with Crippen molar-refractivity contribution in [1.29, 1.82) is 0 Å². The van der Waals surface area contributed by atoms with Crippen LogP contribution in [0.15, 0.2) is 42.5 Å². The Balaban J connectivity index is 1.93. The van der Waals surface area contributed by atoms with Gasteiger partial charge in [-0.2, -0.15) is 0 Å². The van der Waals surface area contributed by atoms with E-state index in [2.05, 4.69) is 0 Å². The Labute approximate surface area is 149 Å². The number of aryl methyl sites for hydroxylation is 1. The Bertz CT molecular complexity index is 697. The number of amides is 1. The number of methoxy groups -OCH3 is 1. The molecule has 0 aliphatic carbocycles. The van der Waals surface area contributed by atoms with Gasteiger partial charge in [0.25, 0.3) is 5.91 Å². The zero-order valence-corrected chi connectivity index (χ0v) is 15.2. The van der Waals surface area contributed by atoms with E-state index in [4.69, 9.17) is 14.2 Å². The molecule has 2 aromatic carbocycles. The molecule has 5 heteroatoms. The van der Waals surface area contributed by atoms with Crippen LogP contribution in [-0.2, 0) is 0 Å². The van der Waals surface area contributed by atoms with E-state index >= 15 is 0 Å². The first kappa shape index (κ1) is 18.6. The number of ether oxygens (including phenoxy) is 3. The molecule has 0 fully saturated rings. The molecule has 0 spiro atoms. The first-order valence-electron chi connectivity index (χ1n) is 8.31. The van der Waals surface area contributed by atoms with Crippen LogP contribution in [0.3, 0.4) is 0 Å². The molecular weight excluding hydrogens is 318 g/mol. The molecule has 0 heterocycles. The molecule has 0 aromatic heterocycles. The summed E-state index contributed by atoms with van der Waals surface area (Å²) >= 11 is 0. The molecule has 0 atom stereocenters. The van der Waals surface area contributed by atoms with E-state index in [1.807, 2.05) is 38.1 Å². The number of rotatable bonds is 8. The summed E-state index contributed by atoms with van der Waals surface area (Å²) in [6.45, 7) is 5.39. The van der Waals surface area contributed by atoms with Crippen LogP contribution in [0.4, 0.5) is 0 Å². The third kappa shape index (κ3) is 5.14. The summed E-state index contributed by atoms with van der Waals surface area (Å²) in [4.78, 5) is 14.2. The van der Waals surface area contributed by atoms with E-state index in [1.165, 1.54) is 5.56 Å². The molecular formula is C20H25NO4. The van der Waals surface area contributed by atoms with Gasteiger partial charge in [0.05, 0.1) is 20.3 Å². The van der Waals surface area contributed by atoms with Crippen LogP contribution in [0.5, 0.6) is 17.2 Å². The van der Waals surface area contributed by atoms with Crippen LogP contribution >= 0.6 is 0 Å². The van der Waals surface area contributed by atoms with Crippen LogP contribution in [0, 0.1) is 6.92 Å². The number of nitrogens with zero attached hydrogens (tertiary/aromatic N) is 1. The molecule has 0 bridgehead atoms. The minimum absolute atomic E-state index is 0.0890. The maximum atomic E-state index is 12.5. The van der Waals surface area contributed by atoms with Crippen LogP contribution in [0.1, 0.15) is 22.8 Å². The summed E-state index contributed by atoms with van der Waals surface area (Å²) in [7, 11) is 3.31. The zero-order valence-electron chi connectivity index (χ0n) is 15.2. The Morgan fingerprint density at radius 1 is 1.04 bits per heavy atom. The first-order chi connectivity index (χ1) is 12.0. The van der Waals surface area contributed by atoms with Crippen LogP contribution in [0.25, 0.3) is 0 Å². The highest BCUT2D eigenvalue weighted by Crippen LogP contribution is 2.28. The minimum atomic E-state index is -0.0890. The summed E-state index contributed by atoms with van der Waals surface area (Å²) in [6.07, 6.45) is 0. The number of hydrogen-bond donors (Lipinski definition) is 0. The Morgan fingerprint density at radius 3 is 2.40 bits per heavy atom. The number of carbonyl (C=O) groups excluding carboxylic acids is 1. The highest BCUT2D eigenvalue weighted by Gasteiger charge is 2.15. The highest BCUT2D eigenvalue weighted by atomic mass is 16.5. The SMILES string of the molecule is CCOc1ccc(C(=O)N(C)CCOc2ccc(C)cc2)cc1OC. The van der Waals surface area contributed by atoms with Gasteiger partial charge in [0.1, 0.15) is 12.4 Å². The molecule has 134 valence electrons. The summed E-state index contributed by atoms with van der Waals surface area (Å²) in [5.41, 5.74) is 1.74. The summed E-state index contributed by atoms with van der Waals surface area (Å²) < 4.78 is 16.4. The van der Waals surface area contributed by atoms with Gasteiger partial charge in [-0.05, 0) is 44.2 Å². The Kier molecular flexibility index (Phi) is 6.69. The topological polar surface area (TPSA) is 48.0 Å². The smallest absolute Gasteiger partial charge is 0.253 e. The van der Waals surface area contributed by atoms with Gasteiger partial charge in [-0.3, -0.25) is 4.79 Å². The lowest BCUT2D eigenvalue weighted by molar-refractivity contribution is 0.0773. The molecule has 25 heavy (non-hydrogen) atoms. The van der Waals surface area contributed by atoms with Crippen molar-refractivity contribution in [2.75, 3.05) is 33.9 Å². The monoisotopic (exact) mass is 343 g/mol. The molecule has 0 radical (unpaired) electrons. The fourth-order valence-corrected chi connectivity index (χ4v) is 2.33. The quantitative estimate of drug-likeness (QED) is 0.735. The van der Waals surface area contributed by atoms with Gasteiger partial charge >= 0.3 is 0 Å². The fraction of sp³-hybridized carbons (Fsp3) is 0.350. The predicted octanol–water partition coefficient (Wildman–Crippen LogP) is 3.55. The van der Waals surface area contributed by atoms with Crippen LogP contribution < -0.4 is 14.2 Å². The van der Waals surface area contributed by atoms with Crippen LogP contribution in [-0.4, -0.2) is 44.7 Å². The van der Waals surface area contributed by atoms with Crippen molar-refractivity contribution in [2.24, 2.45) is 0 Å². The van der Waals surface area contributed by atoms with Crippen molar-refractivity contribution in [2.45, 2.75) is 13.8 Å². The lowest BCUT2D eigenvalue weighted by Crippen LogP contribution is -2.30. The molecule has 0 aliphatic rings. The Morgan fingerprint density at radius 2 is 1.76 bits per heavy atom. The molecule has 2 rings (SSSR count). The van der Waals surface area contributed by atoms with E-state index in [0.29, 0.717) is 36.8 Å². The third-order valence-electron chi connectivity index (χ3n) is 3.77. The fourth-order valence-electron chi connectivity index (χ4n) is 2.33. The van der Waals surface area contributed by atoms with Gasteiger partial charge in [0, 0.05) is 12.6 Å². The number of hydrogen-bond acceptors (Lipinski definition) is 4. The van der Waals surface area contributed by atoms with Gasteiger partial charge in [-0.15, -0.1) is 0 Å². The average Bonchev–Trinajstić information content (AvgIpc) is 2.63. The third-order valence-corrected chi connectivity index (χ3v) is 3.77. The predicted molar refractivity (Wildman–Crippen MR) is 97.8 cm³/mol. The van der Waals surface area contributed by atoms with E-state index < -0.39 is 0 Å². The maximum Gasteiger partial charge on any atom is 0.253 e. The lowest BCUT2D eigenvalue weighted by atomic mass is 10.1. The van der Waals surface area contributed by atoms with Crippen molar-refractivity contribution >= 4 is 5.91 Å². The largest absolute Gasteiger partial charge is 0.493 e. The van der Waals surface area contributed by atoms with E-state index in [0.717, 1.165) is 5.75 Å². The zero-order chi connectivity index (χ0) is 18.2. The maximum absolute atomic E-state index is 12.5. The molecule has 2 aromatic rings. The second-order valence-corrected chi connectivity index (χ2v) is 5.69. The second kappa shape index (κ2) is 8.97. The number of carbonyl (C=O) groups is 1. The Hall–Kier alpha value is -2.69. The molecule has 0 aliphatic heterocycles. The minimum Gasteiger partial charge on any atom is -0.493 e. The van der Waals surface area contributed by atoms with Gasteiger partial charge < -0.3 is 19.1 Å². The molecule has 0 N–H and O–H groups in total. The first-order valence-corrected chi connectivity index (χ1v) is 8.31. The van der Waals surface area contributed by atoms with E-state index in [1.54, 1.807) is 37.3 Å².